The van der Waals surface area contributed by atoms with Gasteiger partial charge in [0.15, 0.2) is 11.5 Å². The van der Waals surface area contributed by atoms with E-state index >= 15 is 0 Å². The van der Waals surface area contributed by atoms with Crippen LogP contribution in [0.5, 0.6) is 11.5 Å². The minimum absolute atomic E-state index is 0.0947. The predicted octanol–water partition coefficient (Wildman–Crippen LogP) is 3.86. The smallest absolute Gasteiger partial charge is 0.295 e. The number of aliphatic hydroxyl groups is 1. The van der Waals surface area contributed by atoms with Gasteiger partial charge in [0, 0.05) is 24.5 Å². The van der Waals surface area contributed by atoms with Gasteiger partial charge in [0.1, 0.15) is 11.6 Å². The van der Waals surface area contributed by atoms with Crippen LogP contribution in [0.25, 0.3) is 5.76 Å². The van der Waals surface area contributed by atoms with Crippen molar-refractivity contribution in [2.24, 2.45) is 0 Å². The highest BCUT2D eigenvalue weighted by molar-refractivity contribution is 6.46. The Morgan fingerprint density at radius 3 is 2.42 bits per heavy atom. The largest absolute Gasteiger partial charge is 0.507 e. The maximum Gasteiger partial charge on any atom is 0.295 e. The summed E-state index contributed by atoms with van der Waals surface area (Å²) in [5.41, 5.74) is 1.38. The Morgan fingerprint density at radius 1 is 1.06 bits per heavy atom. The van der Waals surface area contributed by atoms with E-state index in [0.717, 1.165) is 0 Å². The van der Waals surface area contributed by atoms with Crippen molar-refractivity contribution in [3.8, 4) is 11.5 Å². The number of Topliss-reactive ketones (excluding diaryl/α,β-unsaturated/α-hetero) is 1. The van der Waals surface area contributed by atoms with Gasteiger partial charge in [0.25, 0.3) is 11.7 Å². The number of benzene rings is 2. The van der Waals surface area contributed by atoms with Crippen molar-refractivity contribution in [1.82, 2.24) is 9.88 Å². The SMILES string of the molecule is COc1ccc([C@@H]2/C(=C(\O)c3ccc(F)cc3)C(=O)C(=O)N2Cc2cccnc2)cc1OC. The van der Waals surface area contributed by atoms with Crippen LogP contribution in [-0.4, -0.2) is 40.9 Å². The first-order valence-corrected chi connectivity index (χ1v) is 10.1. The van der Waals surface area contributed by atoms with Gasteiger partial charge in [-0.25, -0.2) is 4.39 Å². The molecule has 1 saturated heterocycles. The first kappa shape index (κ1) is 22.0. The predicted molar refractivity (Wildman–Crippen MR) is 118 cm³/mol. The number of likely N-dealkylation sites (tertiary alicyclic amines) is 1. The van der Waals surface area contributed by atoms with Crippen molar-refractivity contribution in [2.75, 3.05) is 14.2 Å². The Morgan fingerprint density at radius 2 is 1.79 bits per heavy atom. The average Bonchev–Trinajstić information content (AvgIpc) is 3.09. The first-order valence-electron chi connectivity index (χ1n) is 10.1. The Kier molecular flexibility index (Phi) is 6.08. The molecule has 1 N–H and O–H groups in total. The summed E-state index contributed by atoms with van der Waals surface area (Å²) in [6, 6.07) is 12.7. The van der Waals surface area contributed by atoms with Gasteiger partial charge < -0.3 is 19.5 Å². The summed E-state index contributed by atoms with van der Waals surface area (Å²) in [7, 11) is 2.98. The molecule has 7 nitrogen and oxygen atoms in total. The van der Waals surface area contributed by atoms with Crippen LogP contribution < -0.4 is 9.47 Å². The molecule has 168 valence electrons. The minimum Gasteiger partial charge on any atom is -0.507 e. The number of ether oxygens (including phenoxy) is 2. The van der Waals surface area contributed by atoms with Crippen molar-refractivity contribution in [3.63, 3.8) is 0 Å². The number of halogens is 1. The molecule has 0 unspecified atom stereocenters. The molecule has 0 aliphatic carbocycles. The third-order valence-corrected chi connectivity index (χ3v) is 5.46. The molecule has 1 aromatic heterocycles. The number of hydrogen-bond acceptors (Lipinski definition) is 6. The number of hydrogen-bond donors (Lipinski definition) is 1. The lowest BCUT2D eigenvalue weighted by Gasteiger charge is -2.26. The maximum absolute atomic E-state index is 13.4. The number of carbonyl (C=O) groups excluding carboxylic acids is 2. The Bertz CT molecular complexity index is 1230. The number of rotatable bonds is 6. The van der Waals surface area contributed by atoms with Crippen LogP contribution in [0.1, 0.15) is 22.7 Å². The van der Waals surface area contributed by atoms with Gasteiger partial charge >= 0.3 is 0 Å². The summed E-state index contributed by atoms with van der Waals surface area (Å²) >= 11 is 0. The van der Waals surface area contributed by atoms with E-state index in [0.29, 0.717) is 22.6 Å². The van der Waals surface area contributed by atoms with Crippen LogP contribution >= 0.6 is 0 Å². The zero-order chi connectivity index (χ0) is 23.5. The summed E-state index contributed by atoms with van der Waals surface area (Å²) < 4.78 is 24.1. The zero-order valence-corrected chi connectivity index (χ0v) is 18.0. The summed E-state index contributed by atoms with van der Waals surface area (Å²) in [6.45, 7) is 0.0949. The second-order valence-electron chi connectivity index (χ2n) is 7.41. The number of pyridine rings is 1. The van der Waals surface area contributed by atoms with E-state index in [9.17, 15) is 19.1 Å². The standard InChI is InChI=1S/C25H21FN2O5/c1-32-19-10-7-17(12-20(19)33-2)22-21(23(29)16-5-8-18(26)9-6-16)24(30)25(31)28(22)14-15-4-3-11-27-13-15/h3-13,22,29H,14H2,1-2H3/b23-21+/t22-/m1/s1. The Labute approximate surface area is 189 Å². The van der Waals surface area contributed by atoms with Gasteiger partial charge in [0.2, 0.25) is 0 Å². The highest BCUT2D eigenvalue weighted by Crippen LogP contribution is 2.42. The molecule has 1 fully saturated rings. The fourth-order valence-corrected chi connectivity index (χ4v) is 3.86. The van der Waals surface area contributed by atoms with Crippen molar-refractivity contribution >= 4 is 17.4 Å². The normalized spacial score (nSPS) is 17.3. The lowest BCUT2D eigenvalue weighted by atomic mass is 9.95. The molecular formula is C25H21FN2O5. The monoisotopic (exact) mass is 448 g/mol. The highest BCUT2D eigenvalue weighted by Gasteiger charge is 2.46. The number of methoxy groups -OCH3 is 2. The fourth-order valence-electron chi connectivity index (χ4n) is 3.86. The van der Waals surface area contributed by atoms with E-state index in [1.807, 2.05) is 0 Å². The molecule has 0 bridgehead atoms. The topological polar surface area (TPSA) is 89.0 Å². The van der Waals surface area contributed by atoms with Crippen molar-refractivity contribution < 1.29 is 28.6 Å². The first-order chi connectivity index (χ1) is 15.9. The summed E-state index contributed by atoms with van der Waals surface area (Å²) in [5, 5.41) is 11.0. The zero-order valence-electron chi connectivity index (χ0n) is 18.0. The van der Waals surface area contributed by atoms with Crippen molar-refractivity contribution in [2.45, 2.75) is 12.6 Å². The van der Waals surface area contributed by atoms with Gasteiger partial charge in [-0.05, 0) is 53.6 Å². The van der Waals surface area contributed by atoms with E-state index in [-0.39, 0.29) is 23.4 Å². The lowest BCUT2D eigenvalue weighted by molar-refractivity contribution is -0.140. The molecule has 2 heterocycles. The van der Waals surface area contributed by atoms with Gasteiger partial charge in [-0.2, -0.15) is 0 Å². The lowest BCUT2D eigenvalue weighted by Crippen LogP contribution is -2.29. The number of nitrogens with zero attached hydrogens (tertiary/aromatic N) is 2. The van der Waals surface area contributed by atoms with E-state index in [2.05, 4.69) is 4.98 Å². The van der Waals surface area contributed by atoms with Crippen LogP contribution in [-0.2, 0) is 16.1 Å². The van der Waals surface area contributed by atoms with Crippen molar-refractivity contribution in [1.29, 1.82) is 0 Å². The van der Waals surface area contributed by atoms with Gasteiger partial charge in [0.05, 0.1) is 25.8 Å². The molecular weight excluding hydrogens is 427 g/mol. The summed E-state index contributed by atoms with van der Waals surface area (Å²) in [4.78, 5) is 31.6. The molecule has 0 saturated carbocycles. The van der Waals surface area contributed by atoms with Crippen LogP contribution in [0, 0.1) is 5.82 Å². The molecule has 1 atom stereocenters. The van der Waals surface area contributed by atoms with Crippen LogP contribution in [0.15, 0.2) is 72.6 Å². The molecule has 0 radical (unpaired) electrons. The second-order valence-corrected chi connectivity index (χ2v) is 7.41. The number of carbonyl (C=O) groups is 2. The third kappa shape index (κ3) is 4.15. The second kappa shape index (κ2) is 9.12. The number of amides is 1. The number of aliphatic hydroxyl groups excluding tert-OH is 1. The molecule has 33 heavy (non-hydrogen) atoms. The number of ketones is 1. The van der Waals surface area contributed by atoms with E-state index in [4.69, 9.17) is 9.47 Å². The molecule has 1 aliphatic rings. The van der Waals surface area contributed by atoms with Gasteiger partial charge in [-0.1, -0.05) is 12.1 Å². The quantitative estimate of drug-likeness (QED) is 0.350. The Balaban J connectivity index is 1.89. The van der Waals surface area contributed by atoms with E-state index < -0.39 is 23.5 Å². The van der Waals surface area contributed by atoms with Crippen LogP contribution in [0.2, 0.25) is 0 Å². The van der Waals surface area contributed by atoms with Crippen LogP contribution in [0.3, 0.4) is 0 Å². The molecule has 1 aliphatic heterocycles. The number of aromatic nitrogens is 1. The molecule has 0 spiro atoms. The van der Waals surface area contributed by atoms with Crippen molar-refractivity contribution in [3.05, 3.63) is 95.1 Å². The summed E-state index contributed by atoms with van der Waals surface area (Å²) in [6.07, 6.45) is 3.21. The molecule has 3 aromatic rings. The Hall–Kier alpha value is -4.20. The molecule has 2 aromatic carbocycles. The minimum atomic E-state index is -0.907. The van der Waals surface area contributed by atoms with Crippen LogP contribution in [0.4, 0.5) is 4.39 Å². The highest BCUT2D eigenvalue weighted by atomic mass is 19.1. The van der Waals surface area contributed by atoms with E-state index in [1.165, 1.54) is 43.4 Å². The third-order valence-electron chi connectivity index (χ3n) is 5.46. The summed E-state index contributed by atoms with van der Waals surface area (Å²) in [5.74, 6) is -1.59. The maximum atomic E-state index is 13.4. The molecule has 8 heteroatoms. The molecule has 1 amide bonds. The van der Waals surface area contributed by atoms with Gasteiger partial charge in [-0.15, -0.1) is 0 Å². The average molecular weight is 448 g/mol. The molecule has 4 rings (SSSR count). The van der Waals surface area contributed by atoms with E-state index in [1.54, 1.807) is 42.7 Å². The van der Waals surface area contributed by atoms with Gasteiger partial charge in [-0.3, -0.25) is 14.6 Å². The fraction of sp³-hybridized carbons (Fsp3) is 0.160.